The number of carbonyl (C=O) groups is 1. The minimum absolute atomic E-state index is 0.0101. The Morgan fingerprint density at radius 2 is 2.21 bits per heavy atom. The van der Waals surface area contributed by atoms with Gasteiger partial charge >= 0.3 is 0 Å². The van der Waals surface area contributed by atoms with Gasteiger partial charge in [0.25, 0.3) is 0 Å². The van der Waals surface area contributed by atoms with Crippen LogP contribution in [-0.2, 0) is 6.54 Å². The Morgan fingerprint density at radius 3 is 3.05 bits per heavy atom. The van der Waals surface area contributed by atoms with Gasteiger partial charge in [-0.2, -0.15) is 0 Å². The Kier molecular flexibility index (Phi) is 3.17. The number of rotatable bonds is 4. The highest BCUT2D eigenvalue weighted by atomic mass is 32.1. The van der Waals surface area contributed by atoms with Crippen molar-refractivity contribution in [3.05, 3.63) is 53.4 Å². The van der Waals surface area contributed by atoms with Crippen LogP contribution in [0.5, 0.6) is 0 Å². The number of hydrogen-bond acceptors (Lipinski definition) is 3. The number of imidazole rings is 1. The fourth-order valence-corrected chi connectivity index (χ4v) is 3.15. The van der Waals surface area contributed by atoms with Crippen LogP contribution in [0, 0.1) is 0 Å². The summed E-state index contributed by atoms with van der Waals surface area (Å²) >= 11 is 1.60. The van der Waals surface area contributed by atoms with Gasteiger partial charge in [0.1, 0.15) is 0 Å². The zero-order valence-corrected chi connectivity index (χ0v) is 11.5. The molecule has 1 aromatic carbocycles. The Bertz CT molecular complexity index is 726. The molecule has 3 nitrogen and oxygen atoms in total. The van der Waals surface area contributed by atoms with Crippen molar-refractivity contribution in [1.82, 2.24) is 9.55 Å². The first kappa shape index (κ1) is 12.1. The van der Waals surface area contributed by atoms with Crippen LogP contribution in [-0.4, -0.2) is 15.3 Å². The van der Waals surface area contributed by atoms with E-state index in [1.54, 1.807) is 17.5 Å². The highest BCUT2D eigenvalue weighted by Gasteiger charge is 2.18. The normalized spacial score (nSPS) is 11.0. The molecular weight excluding hydrogens is 256 g/mol. The smallest absolute Gasteiger partial charge is 0.229 e. The first-order chi connectivity index (χ1) is 9.31. The summed E-state index contributed by atoms with van der Waals surface area (Å²) in [6.45, 7) is 2.91. The van der Waals surface area contributed by atoms with Gasteiger partial charge in [-0.25, -0.2) is 4.98 Å². The second kappa shape index (κ2) is 4.97. The summed E-state index contributed by atoms with van der Waals surface area (Å²) in [5.41, 5.74) is 0.754. The van der Waals surface area contributed by atoms with Crippen LogP contribution in [0.15, 0.2) is 42.0 Å². The topological polar surface area (TPSA) is 34.9 Å². The maximum Gasteiger partial charge on any atom is 0.229 e. The number of aryl methyl sites for hydroxylation is 1. The molecule has 0 amide bonds. The molecule has 0 N–H and O–H groups in total. The lowest BCUT2D eigenvalue weighted by atomic mass is 10.1. The van der Waals surface area contributed by atoms with Gasteiger partial charge in [0, 0.05) is 40.0 Å². The van der Waals surface area contributed by atoms with Crippen LogP contribution < -0.4 is 0 Å². The van der Waals surface area contributed by atoms with Gasteiger partial charge in [0.05, 0.1) is 0 Å². The van der Waals surface area contributed by atoms with E-state index in [1.807, 2.05) is 40.4 Å². The molecule has 3 aromatic rings. The van der Waals surface area contributed by atoms with Crippen LogP contribution in [0.25, 0.3) is 10.1 Å². The van der Waals surface area contributed by atoms with Gasteiger partial charge in [0.15, 0.2) is 5.82 Å². The minimum atomic E-state index is 0.0101. The molecule has 19 heavy (non-hydrogen) atoms. The lowest BCUT2D eigenvalue weighted by Gasteiger charge is -2.04. The second-order valence-corrected chi connectivity index (χ2v) is 5.33. The zero-order valence-electron chi connectivity index (χ0n) is 10.7. The minimum Gasteiger partial charge on any atom is -0.328 e. The quantitative estimate of drug-likeness (QED) is 0.677. The van der Waals surface area contributed by atoms with E-state index in [-0.39, 0.29) is 5.78 Å². The maximum atomic E-state index is 12.6. The second-order valence-electron chi connectivity index (χ2n) is 4.42. The summed E-state index contributed by atoms with van der Waals surface area (Å²) in [5, 5.41) is 2.95. The van der Waals surface area contributed by atoms with Crippen molar-refractivity contribution in [1.29, 1.82) is 0 Å². The summed E-state index contributed by atoms with van der Waals surface area (Å²) in [7, 11) is 0. The van der Waals surface area contributed by atoms with Crippen LogP contribution in [0.2, 0.25) is 0 Å². The number of hydrogen-bond donors (Lipinski definition) is 0. The molecule has 0 fully saturated rings. The third-order valence-corrected chi connectivity index (χ3v) is 4.07. The molecule has 0 unspecified atom stereocenters. The summed E-state index contributed by atoms with van der Waals surface area (Å²) in [5.74, 6) is 0.543. The highest BCUT2D eigenvalue weighted by molar-refractivity contribution is 7.17. The maximum absolute atomic E-state index is 12.6. The Morgan fingerprint density at radius 1 is 1.37 bits per heavy atom. The molecule has 0 aliphatic rings. The molecule has 0 radical (unpaired) electrons. The van der Waals surface area contributed by atoms with Crippen molar-refractivity contribution in [2.75, 3.05) is 0 Å². The predicted molar refractivity (Wildman–Crippen MR) is 77.8 cm³/mol. The third kappa shape index (κ3) is 2.08. The van der Waals surface area contributed by atoms with Gasteiger partial charge in [-0.3, -0.25) is 4.79 Å². The summed E-state index contributed by atoms with van der Waals surface area (Å²) < 4.78 is 3.06. The van der Waals surface area contributed by atoms with Crippen LogP contribution in [0.4, 0.5) is 0 Å². The monoisotopic (exact) mass is 270 g/mol. The van der Waals surface area contributed by atoms with E-state index >= 15 is 0 Å². The van der Waals surface area contributed by atoms with Crippen molar-refractivity contribution in [3.8, 4) is 0 Å². The molecule has 0 aliphatic heterocycles. The number of nitrogens with zero attached hydrogens (tertiary/aromatic N) is 2. The Labute approximate surface area is 115 Å². The van der Waals surface area contributed by atoms with Crippen molar-refractivity contribution in [2.24, 2.45) is 0 Å². The zero-order chi connectivity index (χ0) is 13.2. The molecule has 0 saturated heterocycles. The lowest BCUT2D eigenvalue weighted by Crippen LogP contribution is -2.10. The summed E-state index contributed by atoms with van der Waals surface area (Å²) in [4.78, 5) is 16.8. The van der Waals surface area contributed by atoms with Crippen molar-refractivity contribution >= 4 is 27.2 Å². The highest BCUT2D eigenvalue weighted by Crippen LogP contribution is 2.27. The van der Waals surface area contributed by atoms with Gasteiger partial charge in [-0.15, -0.1) is 11.3 Å². The molecular formula is C15H14N2OS. The van der Waals surface area contributed by atoms with E-state index in [0.29, 0.717) is 5.82 Å². The Hall–Kier alpha value is -1.94. The third-order valence-electron chi connectivity index (χ3n) is 3.11. The number of fused-ring (bicyclic) bond motifs is 1. The fraction of sp³-hybridized carbons (Fsp3) is 0.200. The molecule has 4 heteroatoms. The van der Waals surface area contributed by atoms with Gasteiger partial charge in [-0.05, 0) is 12.5 Å². The molecule has 0 aliphatic carbocycles. The number of thiophene rings is 1. The number of benzene rings is 1. The number of aromatic nitrogens is 2. The SMILES string of the molecule is CCCn1ccnc1C(=O)c1csc2ccccc12. The molecule has 2 heterocycles. The average molecular weight is 270 g/mol. The van der Waals surface area contributed by atoms with Gasteiger partial charge in [-0.1, -0.05) is 25.1 Å². The molecule has 2 aromatic heterocycles. The van der Waals surface area contributed by atoms with E-state index < -0.39 is 0 Å². The van der Waals surface area contributed by atoms with E-state index in [2.05, 4.69) is 11.9 Å². The fourth-order valence-electron chi connectivity index (χ4n) is 2.21. The first-order valence-electron chi connectivity index (χ1n) is 6.33. The van der Waals surface area contributed by atoms with Gasteiger partial charge < -0.3 is 4.57 Å². The molecule has 0 atom stereocenters. The van der Waals surface area contributed by atoms with Crippen molar-refractivity contribution < 1.29 is 4.79 Å². The molecule has 0 bridgehead atoms. The average Bonchev–Trinajstić information content (AvgIpc) is 3.04. The summed E-state index contributed by atoms with van der Waals surface area (Å²) in [6.07, 6.45) is 4.55. The Balaban J connectivity index is 2.06. The van der Waals surface area contributed by atoms with Crippen molar-refractivity contribution in [2.45, 2.75) is 19.9 Å². The number of ketones is 1. The molecule has 0 saturated carbocycles. The number of carbonyl (C=O) groups excluding carboxylic acids is 1. The van der Waals surface area contributed by atoms with E-state index in [1.165, 1.54) is 0 Å². The van der Waals surface area contributed by atoms with Crippen LogP contribution >= 0.6 is 11.3 Å². The van der Waals surface area contributed by atoms with E-state index in [0.717, 1.165) is 28.6 Å². The van der Waals surface area contributed by atoms with Crippen molar-refractivity contribution in [3.63, 3.8) is 0 Å². The largest absolute Gasteiger partial charge is 0.328 e. The first-order valence-corrected chi connectivity index (χ1v) is 7.21. The molecule has 0 spiro atoms. The standard InChI is InChI=1S/C15H14N2OS/c1-2-8-17-9-7-16-15(17)14(18)12-10-19-13-6-4-3-5-11(12)13/h3-7,9-10H,2,8H2,1H3. The molecule has 96 valence electrons. The predicted octanol–water partition coefficient (Wildman–Crippen LogP) is 3.74. The van der Waals surface area contributed by atoms with Crippen LogP contribution in [0.3, 0.4) is 0 Å². The van der Waals surface area contributed by atoms with Gasteiger partial charge in [0.2, 0.25) is 5.78 Å². The molecule has 3 rings (SSSR count). The van der Waals surface area contributed by atoms with Crippen LogP contribution in [0.1, 0.15) is 29.5 Å². The summed E-state index contributed by atoms with van der Waals surface area (Å²) in [6, 6.07) is 7.98. The lowest BCUT2D eigenvalue weighted by molar-refractivity contribution is 0.102. The van der Waals surface area contributed by atoms with E-state index in [9.17, 15) is 4.79 Å². The van der Waals surface area contributed by atoms with E-state index in [4.69, 9.17) is 0 Å².